The van der Waals surface area contributed by atoms with Gasteiger partial charge in [-0.15, -0.1) is 0 Å². The van der Waals surface area contributed by atoms with Crippen molar-refractivity contribution in [2.75, 3.05) is 0 Å². The number of hydrogen-bond donors (Lipinski definition) is 0. The molecule has 0 aliphatic heterocycles. The second-order valence-electron chi connectivity index (χ2n) is 4.07. The molecular weight excluding hydrogens is 232 g/mol. The minimum Gasteiger partial charge on any atom is -0.223 e. The molecule has 0 saturated heterocycles. The zero-order chi connectivity index (χ0) is 11.7. The zero-order valence-corrected chi connectivity index (χ0v) is 10.7. The fourth-order valence-corrected chi connectivity index (χ4v) is 2.76. The SMILES string of the molecule is CCC(C)(C)S(=O)(=O)c1ccc(Cl)cc1. The van der Waals surface area contributed by atoms with E-state index in [1.807, 2.05) is 6.92 Å². The van der Waals surface area contributed by atoms with Gasteiger partial charge in [0.15, 0.2) is 9.84 Å². The summed E-state index contributed by atoms with van der Waals surface area (Å²) in [4.78, 5) is 0.332. The maximum Gasteiger partial charge on any atom is 0.183 e. The van der Waals surface area contributed by atoms with Gasteiger partial charge in [-0.2, -0.15) is 0 Å². The van der Waals surface area contributed by atoms with Crippen molar-refractivity contribution in [3.05, 3.63) is 29.3 Å². The highest BCUT2D eigenvalue weighted by molar-refractivity contribution is 7.92. The molecule has 1 aromatic carbocycles. The Labute approximate surface area is 96.2 Å². The molecule has 84 valence electrons. The van der Waals surface area contributed by atoms with E-state index in [4.69, 9.17) is 11.6 Å². The molecule has 0 aliphatic carbocycles. The fourth-order valence-electron chi connectivity index (χ4n) is 1.12. The molecule has 0 radical (unpaired) electrons. The predicted molar refractivity (Wildman–Crippen MR) is 63.0 cm³/mol. The van der Waals surface area contributed by atoms with E-state index in [0.29, 0.717) is 16.3 Å². The van der Waals surface area contributed by atoms with E-state index in [9.17, 15) is 8.42 Å². The summed E-state index contributed by atoms with van der Waals surface area (Å²) < 4.78 is 23.6. The van der Waals surface area contributed by atoms with Crippen molar-refractivity contribution < 1.29 is 8.42 Å². The number of halogens is 1. The molecule has 0 heterocycles. The summed E-state index contributed by atoms with van der Waals surface area (Å²) in [6.07, 6.45) is 0.581. The smallest absolute Gasteiger partial charge is 0.183 e. The van der Waals surface area contributed by atoms with Gasteiger partial charge in [-0.05, 0) is 44.5 Å². The summed E-state index contributed by atoms with van der Waals surface area (Å²) >= 11 is 5.72. The highest BCUT2D eigenvalue weighted by Gasteiger charge is 2.33. The van der Waals surface area contributed by atoms with Crippen LogP contribution in [0.2, 0.25) is 5.02 Å². The predicted octanol–water partition coefficient (Wildman–Crippen LogP) is 3.30. The number of sulfone groups is 1. The van der Waals surface area contributed by atoms with Crippen LogP contribution in [0.25, 0.3) is 0 Å². The molecule has 0 unspecified atom stereocenters. The number of benzene rings is 1. The zero-order valence-electron chi connectivity index (χ0n) is 9.12. The molecular formula is C11H15ClO2S. The Balaban J connectivity index is 3.24. The lowest BCUT2D eigenvalue weighted by Gasteiger charge is -2.22. The molecule has 0 aromatic heterocycles. The Bertz CT molecular complexity index is 432. The highest BCUT2D eigenvalue weighted by Crippen LogP contribution is 2.28. The third-order valence-corrected chi connectivity index (χ3v) is 5.59. The topological polar surface area (TPSA) is 34.1 Å². The van der Waals surface area contributed by atoms with Crippen LogP contribution >= 0.6 is 11.6 Å². The monoisotopic (exact) mass is 246 g/mol. The van der Waals surface area contributed by atoms with Crippen LogP contribution in [0.4, 0.5) is 0 Å². The molecule has 0 amide bonds. The lowest BCUT2D eigenvalue weighted by atomic mass is 10.1. The van der Waals surface area contributed by atoms with Crippen LogP contribution in [-0.2, 0) is 9.84 Å². The summed E-state index contributed by atoms with van der Waals surface area (Å²) in [7, 11) is -3.26. The van der Waals surface area contributed by atoms with Gasteiger partial charge in [-0.1, -0.05) is 18.5 Å². The van der Waals surface area contributed by atoms with Crippen molar-refractivity contribution >= 4 is 21.4 Å². The maximum absolute atomic E-state index is 12.2. The van der Waals surface area contributed by atoms with Gasteiger partial charge in [-0.25, -0.2) is 8.42 Å². The Morgan fingerprint density at radius 1 is 1.20 bits per heavy atom. The van der Waals surface area contributed by atoms with Crippen molar-refractivity contribution in [3.8, 4) is 0 Å². The van der Waals surface area contributed by atoms with Crippen LogP contribution in [0, 0.1) is 0 Å². The van der Waals surface area contributed by atoms with E-state index in [0.717, 1.165) is 0 Å². The Morgan fingerprint density at radius 3 is 2.07 bits per heavy atom. The summed E-state index contributed by atoms with van der Waals surface area (Å²) in [6, 6.07) is 6.30. The third-order valence-electron chi connectivity index (χ3n) is 2.70. The second kappa shape index (κ2) is 4.14. The highest BCUT2D eigenvalue weighted by atomic mass is 35.5. The summed E-state index contributed by atoms with van der Waals surface area (Å²) in [5.41, 5.74) is 0. The van der Waals surface area contributed by atoms with Crippen LogP contribution in [0.5, 0.6) is 0 Å². The number of rotatable bonds is 3. The molecule has 0 saturated carbocycles. The van der Waals surface area contributed by atoms with Crippen LogP contribution in [0.1, 0.15) is 27.2 Å². The minimum absolute atomic E-state index is 0.332. The molecule has 0 N–H and O–H groups in total. The average Bonchev–Trinajstić information content (AvgIpc) is 2.18. The molecule has 0 atom stereocenters. The summed E-state index contributed by atoms with van der Waals surface area (Å²) in [6.45, 7) is 5.33. The van der Waals surface area contributed by atoms with Crippen LogP contribution in [0.15, 0.2) is 29.2 Å². The molecule has 2 nitrogen and oxygen atoms in total. The lowest BCUT2D eigenvalue weighted by molar-refractivity contribution is 0.538. The first-order valence-corrected chi connectivity index (χ1v) is 6.67. The quantitative estimate of drug-likeness (QED) is 0.820. The van der Waals surface area contributed by atoms with Gasteiger partial charge in [0.25, 0.3) is 0 Å². The van der Waals surface area contributed by atoms with E-state index in [-0.39, 0.29) is 0 Å². The molecule has 1 rings (SSSR count). The Morgan fingerprint density at radius 2 is 1.67 bits per heavy atom. The van der Waals surface area contributed by atoms with Gasteiger partial charge in [0.2, 0.25) is 0 Å². The van der Waals surface area contributed by atoms with Gasteiger partial charge in [0.1, 0.15) is 0 Å². The van der Waals surface area contributed by atoms with E-state index in [1.54, 1.807) is 38.1 Å². The molecule has 15 heavy (non-hydrogen) atoms. The standard InChI is InChI=1S/C11H15ClO2S/c1-4-11(2,3)15(13,14)10-7-5-9(12)6-8-10/h5-8H,4H2,1-3H3. The van der Waals surface area contributed by atoms with Crippen molar-refractivity contribution in [2.45, 2.75) is 36.8 Å². The molecule has 4 heteroatoms. The van der Waals surface area contributed by atoms with E-state index in [2.05, 4.69) is 0 Å². The molecule has 0 fully saturated rings. The van der Waals surface area contributed by atoms with Crippen molar-refractivity contribution in [1.29, 1.82) is 0 Å². The van der Waals surface area contributed by atoms with Gasteiger partial charge >= 0.3 is 0 Å². The summed E-state index contributed by atoms with van der Waals surface area (Å²) in [5.74, 6) is 0. The second-order valence-corrected chi connectivity index (χ2v) is 7.09. The van der Waals surface area contributed by atoms with E-state index < -0.39 is 14.6 Å². The first kappa shape index (κ1) is 12.5. The van der Waals surface area contributed by atoms with Crippen molar-refractivity contribution in [1.82, 2.24) is 0 Å². The minimum atomic E-state index is -3.26. The largest absolute Gasteiger partial charge is 0.223 e. The Hall–Kier alpha value is -0.540. The molecule has 0 bridgehead atoms. The van der Waals surface area contributed by atoms with Crippen molar-refractivity contribution in [2.24, 2.45) is 0 Å². The third kappa shape index (κ3) is 2.34. The normalized spacial score (nSPS) is 12.8. The van der Waals surface area contributed by atoms with Gasteiger partial charge in [0.05, 0.1) is 9.64 Å². The average molecular weight is 247 g/mol. The fraction of sp³-hybridized carbons (Fsp3) is 0.455. The van der Waals surface area contributed by atoms with Crippen LogP contribution in [-0.4, -0.2) is 13.2 Å². The van der Waals surface area contributed by atoms with Crippen LogP contribution in [0.3, 0.4) is 0 Å². The van der Waals surface area contributed by atoms with Crippen LogP contribution < -0.4 is 0 Å². The maximum atomic E-state index is 12.2. The van der Waals surface area contributed by atoms with Gasteiger partial charge in [-0.3, -0.25) is 0 Å². The first-order valence-electron chi connectivity index (χ1n) is 4.81. The van der Waals surface area contributed by atoms with Gasteiger partial charge < -0.3 is 0 Å². The first-order chi connectivity index (χ1) is 6.81. The molecule has 1 aromatic rings. The lowest BCUT2D eigenvalue weighted by Crippen LogP contribution is -2.30. The molecule has 0 spiro atoms. The van der Waals surface area contributed by atoms with E-state index >= 15 is 0 Å². The molecule has 0 aliphatic rings. The summed E-state index contributed by atoms with van der Waals surface area (Å²) in [5, 5.41) is 0.545. The van der Waals surface area contributed by atoms with E-state index in [1.165, 1.54) is 0 Å². The number of hydrogen-bond acceptors (Lipinski definition) is 2. The Kier molecular flexibility index (Phi) is 3.46. The van der Waals surface area contributed by atoms with Crippen molar-refractivity contribution in [3.63, 3.8) is 0 Å². The van der Waals surface area contributed by atoms with Gasteiger partial charge in [0, 0.05) is 5.02 Å².